The van der Waals surface area contributed by atoms with E-state index >= 15 is 0 Å². The molecule has 0 aliphatic heterocycles. The topological polar surface area (TPSA) is 68.1 Å². The number of nitrogens with one attached hydrogen (secondary N) is 1. The van der Waals surface area contributed by atoms with Crippen molar-refractivity contribution in [1.82, 2.24) is 10.2 Å². The largest absolute Gasteiger partial charge is 0.464 e. The molecule has 0 radical (unpaired) electrons. The number of methoxy groups -OCH3 is 1. The minimum absolute atomic E-state index is 0.294. The van der Waals surface area contributed by atoms with Crippen LogP contribution >= 0.6 is 0 Å². The van der Waals surface area contributed by atoms with Gasteiger partial charge in [-0.05, 0) is 12.1 Å². The lowest BCUT2D eigenvalue weighted by Crippen LogP contribution is -2.03. The van der Waals surface area contributed by atoms with Gasteiger partial charge in [0.05, 0.1) is 25.1 Å². The molecule has 0 amide bonds. The second kappa shape index (κ2) is 3.37. The molecule has 2 heterocycles. The molecule has 0 aliphatic rings. The van der Waals surface area contributed by atoms with Crippen molar-refractivity contribution in [2.45, 2.75) is 0 Å². The number of aromatic amines is 1. The van der Waals surface area contributed by atoms with Gasteiger partial charge in [-0.2, -0.15) is 5.10 Å². The van der Waals surface area contributed by atoms with Crippen LogP contribution in [0.15, 0.2) is 29.0 Å². The van der Waals surface area contributed by atoms with Crippen LogP contribution < -0.4 is 0 Å². The molecule has 2 aromatic heterocycles. The summed E-state index contributed by atoms with van der Waals surface area (Å²) in [6.07, 6.45) is 3.05. The first-order valence-electron chi connectivity index (χ1n) is 3.98. The maximum Gasteiger partial charge on any atom is 0.356 e. The molecule has 0 saturated carbocycles. The molecule has 0 aliphatic carbocycles. The van der Waals surface area contributed by atoms with Crippen LogP contribution in [0.3, 0.4) is 0 Å². The van der Waals surface area contributed by atoms with Crippen LogP contribution in [-0.4, -0.2) is 23.3 Å². The van der Waals surface area contributed by atoms with Gasteiger partial charge in [0.1, 0.15) is 5.76 Å². The van der Waals surface area contributed by atoms with Crippen LogP contribution in [0.25, 0.3) is 11.3 Å². The van der Waals surface area contributed by atoms with E-state index in [0.29, 0.717) is 17.0 Å². The first-order valence-corrected chi connectivity index (χ1v) is 3.98. The number of hydrogen-bond acceptors (Lipinski definition) is 4. The summed E-state index contributed by atoms with van der Waals surface area (Å²) in [5, 5.41) is 6.32. The van der Waals surface area contributed by atoms with E-state index in [9.17, 15) is 4.79 Å². The van der Waals surface area contributed by atoms with Crippen LogP contribution in [0.1, 0.15) is 10.5 Å². The van der Waals surface area contributed by atoms with E-state index < -0.39 is 5.97 Å². The van der Waals surface area contributed by atoms with Gasteiger partial charge in [-0.1, -0.05) is 0 Å². The maximum atomic E-state index is 11.3. The van der Waals surface area contributed by atoms with Gasteiger partial charge in [0, 0.05) is 0 Å². The van der Waals surface area contributed by atoms with Crippen LogP contribution in [0.2, 0.25) is 0 Å². The fourth-order valence-electron chi connectivity index (χ4n) is 1.16. The third kappa shape index (κ3) is 1.28. The predicted molar refractivity (Wildman–Crippen MR) is 47.6 cm³/mol. The Morgan fingerprint density at radius 1 is 1.64 bits per heavy atom. The number of furan rings is 1. The second-order valence-electron chi connectivity index (χ2n) is 2.63. The molecule has 72 valence electrons. The van der Waals surface area contributed by atoms with E-state index in [0.717, 1.165) is 0 Å². The van der Waals surface area contributed by atoms with E-state index in [1.165, 1.54) is 19.6 Å². The average Bonchev–Trinajstić information content (AvgIpc) is 2.85. The molecule has 0 atom stereocenters. The van der Waals surface area contributed by atoms with Gasteiger partial charge in [0.2, 0.25) is 0 Å². The first kappa shape index (κ1) is 8.55. The van der Waals surface area contributed by atoms with E-state index in [2.05, 4.69) is 14.9 Å². The van der Waals surface area contributed by atoms with Crippen LogP contribution in [0, 0.1) is 0 Å². The summed E-state index contributed by atoms with van der Waals surface area (Å²) in [5.41, 5.74) is 0.893. The molecular formula is C9H8N2O3. The zero-order chi connectivity index (χ0) is 9.97. The Morgan fingerprint density at radius 3 is 3.14 bits per heavy atom. The highest BCUT2D eigenvalue weighted by Gasteiger charge is 2.16. The van der Waals surface area contributed by atoms with Crippen LogP contribution in [0.4, 0.5) is 0 Å². The Bertz CT molecular complexity index is 431. The van der Waals surface area contributed by atoms with Crippen molar-refractivity contribution in [2.24, 2.45) is 0 Å². The second-order valence-corrected chi connectivity index (χ2v) is 2.63. The van der Waals surface area contributed by atoms with Crippen LogP contribution in [0.5, 0.6) is 0 Å². The van der Waals surface area contributed by atoms with E-state index in [-0.39, 0.29) is 0 Å². The van der Waals surface area contributed by atoms with Gasteiger partial charge < -0.3 is 9.15 Å². The highest BCUT2D eigenvalue weighted by atomic mass is 16.5. The lowest BCUT2D eigenvalue weighted by Gasteiger charge is -1.97. The molecule has 5 nitrogen and oxygen atoms in total. The third-order valence-corrected chi connectivity index (χ3v) is 1.82. The van der Waals surface area contributed by atoms with Crippen molar-refractivity contribution in [1.29, 1.82) is 0 Å². The van der Waals surface area contributed by atoms with E-state index in [1.807, 2.05) is 0 Å². The smallest absolute Gasteiger partial charge is 0.356 e. The number of carbonyl (C=O) groups is 1. The number of esters is 1. The molecule has 0 bridgehead atoms. The predicted octanol–water partition coefficient (Wildman–Crippen LogP) is 1.46. The van der Waals surface area contributed by atoms with Crippen molar-refractivity contribution in [3.05, 3.63) is 30.3 Å². The van der Waals surface area contributed by atoms with E-state index in [4.69, 9.17) is 4.42 Å². The monoisotopic (exact) mass is 192 g/mol. The molecule has 2 aromatic rings. The van der Waals surface area contributed by atoms with Gasteiger partial charge in [-0.15, -0.1) is 0 Å². The molecule has 0 aromatic carbocycles. The van der Waals surface area contributed by atoms with Gasteiger partial charge in [-0.3, -0.25) is 5.10 Å². The summed E-state index contributed by atoms with van der Waals surface area (Å²) < 4.78 is 9.73. The van der Waals surface area contributed by atoms with Gasteiger partial charge >= 0.3 is 5.97 Å². The minimum Gasteiger partial charge on any atom is -0.464 e. The standard InChI is InChI=1S/C9H8N2O3/c1-13-9(12)8-6(5-10-11-8)7-3-2-4-14-7/h2-5H,1H3,(H,10,11). The summed E-state index contributed by atoms with van der Waals surface area (Å²) in [6, 6.07) is 3.49. The lowest BCUT2D eigenvalue weighted by atomic mass is 10.2. The Balaban J connectivity index is 2.45. The molecule has 0 saturated heterocycles. The Morgan fingerprint density at radius 2 is 2.50 bits per heavy atom. The van der Waals surface area contributed by atoms with Gasteiger partial charge in [-0.25, -0.2) is 4.79 Å². The summed E-state index contributed by atoms with van der Waals surface area (Å²) in [5.74, 6) is 0.119. The summed E-state index contributed by atoms with van der Waals surface area (Å²) in [7, 11) is 1.31. The normalized spacial score (nSPS) is 10.1. The molecule has 0 fully saturated rings. The highest BCUT2D eigenvalue weighted by molar-refractivity contribution is 5.94. The van der Waals surface area contributed by atoms with Crippen molar-refractivity contribution in [3.63, 3.8) is 0 Å². The summed E-state index contributed by atoms with van der Waals surface area (Å²) in [4.78, 5) is 11.3. The molecule has 5 heteroatoms. The van der Waals surface area contributed by atoms with Crippen molar-refractivity contribution in [3.8, 4) is 11.3 Å². The Labute approximate surface area is 79.7 Å². The zero-order valence-electron chi connectivity index (χ0n) is 7.48. The Hall–Kier alpha value is -2.04. The van der Waals surface area contributed by atoms with Crippen molar-refractivity contribution in [2.75, 3.05) is 7.11 Å². The zero-order valence-corrected chi connectivity index (χ0v) is 7.48. The van der Waals surface area contributed by atoms with Crippen LogP contribution in [-0.2, 0) is 4.74 Å². The fourth-order valence-corrected chi connectivity index (χ4v) is 1.16. The van der Waals surface area contributed by atoms with Gasteiger partial charge in [0.25, 0.3) is 0 Å². The number of hydrogen-bond donors (Lipinski definition) is 1. The first-order chi connectivity index (χ1) is 6.83. The fraction of sp³-hybridized carbons (Fsp3) is 0.111. The summed E-state index contributed by atoms with van der Waals surface area (Å²) in [6.45, 7) is 0. The lowest BCUT2D eigenvalue weighted by molar-refractivity contribution is 0.0594. The molecular weight excluding hydrogens is 184 g/mol. The minimum atomic E-state index is -0.464. The highest BCUT2D eigenvalue weighted by Crippen LogP contribution is 2.22. The summed E-state index contributed by atoms with van der Waals surface area (Å²) >= 11 is 0. The molecule has 0 unspecified atom stereocenters. The molecule has 0 spiro atoms. The molecule has 2 rings (SSSR count). The Kier molecular flexibility index (Phi) is 2.06. The molecule has 14 heavy (non-hydrogen) atoms. The number of nitrogens with zero attached hydrogens (tertiary/aromatic N) is 1. The number of aromatic nitrogens is 2. The van der Waals surface area contributed by atoms with Crippen molar-refractivity contribution >= 4 is 5.97 Å². The van der Waals surface area contributed by atoms with Crippen molar-refractivity contribution < 1.29 is 13.9 Å². The third-order valence-electron chi connectivity index (χ3n) is 1.82. The van der Waals surface area contributed by atoms with Gasteiger partial charge in [0.15, 0.2) is 5.69 Å². The SMILES string of the molecule is COC(=O)c1[nH]ncc1-c1ccco1. The average molecular weight is 192 g/mol. The maximum absolute atomic E-state index is 11.3. The van der Waals surface area contributed by atoms with E-state index in [1.54, 1.807) is 12.1 Å². The number of rotatable bonds is 2. The number of ether oxygens (including phenoxy) is 1. The quantitative estimate of drug-likeness (QED) is 0.731. The molecule has 1 N–H and O–H groups in total. The number of H-pyrrole nitrogens is 1. The number of carbonyl (C=O) groups excluding carboxylic acids is 1.